The average molecular weight is 294 g/mol. The number of nitrogens with zero attached hydrogens (tertiary/aromatic N) is 1. The Labute approximate surface area is 126 Å². The molecule has 1 saturated carbocycles. The molecule has 3 aliphatic rings. The number of carboxylic acids is 1. The lowest BCUT2D eigenvalue weighted by molar-refractivity contribution is -0.146. The van der Waals surface area contributed by atoms with E-state index in [9.17, 15) is 14.7 Å². The zero-order valence-electron chi connectivity index (χ0n) is 12.8. The number of rotatable bonds is 3. The van der Waals surface area contributed by atoms with Gasteiger partial charge in [0, 0.05) is 18.6 Å². The van der Waals surface area contributed by atoms with Gasteiger partial charge in [0.25, 0.3) is 0 Å². The summed E-state index contributed by atoms with van der Waals surface area (Å²) in [4.78, 5) is 26.3. The first-order valence-corrected chi connectivity index (χ1v) is 8.32. The Kier molecular flexibility index (Phi) is 4.20. The van der Waals surface area contributed by atoms with Crippen molar-refractivity contribution in [3.8, 4) is 0 Å². The number of hydrogen-bond acceptors (Lipinski definition) is 3. The summed E-state index contributed by atoms with van der Waals surface area (Å²) in [6.45, 7) is 4.31. The number of aliphatic carboxylic acids is 1. The summed E-state index contributed by atoms with van der Waals surface area (Å²) >= 11 is 0. The van der Waals surface area contributed by atoms with E-state index in [4.69, 9.17) is 0 Å². The molecule has 118 valence electrons. The molecule has 0 aromatic carbocycles. The Morgan fingerprint density at radius 2 is 1.86 bits per heavy atom. The van der Waals surface area contributed by atoms with E-state index in [1.165, 1.54) is 19.4 Å². The quantitative estimate of drug-likeness (QED) is 0.827. The first-order chi connectivity index (χ1) is 10.0. The molecule has 0 aromatic heterocycles. The lowest BCUT2D eigenvalue weighted by Crippen LogP contribution is -2.49. The number of amides is 1. The molecule has 2 saturated heterocycles. The minimum atomic E-state index is -0.815. The summed E-state index contributed by atoms with van der Waals surface area (Å²) in [6.07, 6.45) is 5.89. The molecule has 21 heavy (non-hydrogen) atoms. The predicted octanol–water partition coefficient (Wildman–Crippen LogP) is 1.48. The van der Waals surface area contributed by atoms with Crippen molar-refractivity contribution >= 4 is 11.9 Å². The van der Waals surface area contributed by atoms with Gasteiger partial charge < -0.3 is 15.3 Å². The van der Waals surface area contributed by atoms with Crippen LogP contribution in [0.5, 0.6) is 0 Å². The van der Waals surface area contributed by atoms with Crippen LogP contribution in [-0.4, -0.2) is 47.1 Å². The molecule has 0 spiro atoms. The van der Waals surface area contributed by atoms with Crippen LogP contribution in [0, 0.1) is 17.8 Å². The molecule has 2 heterocycles. The van der Waals surface area contributed by atoms with Gasteiger partial charge in [-0.2, -0.15) is 0 Å². The largest absolute Gasteiger partial charge is 0.481 e. The third-order valence-electron chi connectivity index (χ3n) is 5.62. The van der Waals surface area contributed by atoms with E-state index >= 15 is 0 Å². The Hall–Kier alpha value is -1.10. The molecule has 3 fully saturated rings. The monoisotopic (exact) mass is 294 g/mol. The van der Waals surface area contributed by atoms with E-state index < -0.39 is 11.9 Å². The lowest BCUT2D eigenvalue weighted by atomic mass is 9.93. The maximum Gasteiger partial charge on any atom is 0.307 e. The summed E-state index contributed by atoms with van der Waals surface area (Å²) in [7, 11) is 0. The van der Waals surface area contributed by atoms with Gasteiger partial charge in [0.1, 0.15) is 0 Å². The Morgan fingerprint density at radius 1 is 1.10 bits per heavy atom. The second-order valence-electron chi connectivity index (χ2n) is 7.19. The van der Waals surface area contributed by atoms with Gasteiger partial charge in [-0.05, 0) is 51.0 Å². The van der Waals surface area contributed by atoms with Crippen molar-refractivity contribution in [2.24, 2.45) is 17.8 Å². The zero-order valence-corrected chi connectivity index (χ0v) is 12.8. The van der Waals surface area contributed by atoms with E-state index in [-0.39, 0.29) is 17.9 Å². The highest BCUT2D eigenvalue weighted by Crippen LogP contribution is 2.37. The third-order valence-corrected chi connectivity index (χ3v) is 5.62. The van der Waals surface area contributed by atoms with Crippen molar-refractivity contribution < 1.29 is 14.7 Å². The first kappa shape index (κ1) is 14.8. The van der Waals surface area contributed by atoms with E-state index in [0.717, 1.165) is 19.4 Å². The maximum absolute atomic E-state index is 12.5. The summed E-state index contributed by atoms with van der Waals surface area (Å²) in [6, 6.07) is 0.865. The van der Waals surface area contributed by atoms with Crippen LogP contribution in [0.3, 0.4) is 0 Å². The fourth-order valence-corrected chi connectivity index (χ4v) is 4.52. The molecule has 5 heteroatoms. The molecule has 5 unspecified atom stereocenters. The van der Waals surface area contributed by atoms with E-state index in [1.807, 2.05) is 6.92 Å². The smallest absolute Gasteiger partial charge is 0.307 e. The highest BCUT2D eigenvalue weighted by molar-refractivity contribution is 5.85. The van der Waals surface area contributed by atoms with Crippen LogP contribution in [0.2, 0.25) is 0 Å². The van der Waals surface area contributed by atoms with Crippen LogP contribution < -0.4 is 5.32 Å². The summed E-state index contributed by atoms with van der Waals surface area (Å²) < 4.78 is 0. The van der Waals surface area contributed by atoms with Gasteiger partial charge in [-0.3, -0.25) is 9.59 Å². The molecule has 1 aliphatic carbocycles. The van der Waals surface area contributed by atoms with Crippen molar-refractivity contribution in [3.63, 3.8) is 0 Å². The predicted molar refractivity (Wildman–Crippen MR) is 78.8 cm³/mol. The van der Waals surface area contributed by atoms with Gasteiger partial charge in [0.15, 0.2) is 0 Å². The van der Waals surface area contributed by atoms with E-state index in [0.29, 0.717) is 24.8 Å². The van der Waals surface area contributed by atoms with Crippen molar-refractivity contribution in [1.82, 2.24) is 10.2 Å². The van der Waals surface area contributed by atoms with Gasteiger partial charge in [0.05, 0.1) is 11.8 Å². The molecule has 2 N–H and O–H groups in total. The number of carbonyl (C=O) groups is 2. The Balaban J connectivity index is 1.57. The number of carboxylic acid groups (broad SMARTS) is 1. The fourth-order valence-electron chi connectivity index (χ4n) is 4.52. The van der Waals surface area contributed by atoms with Crippen molar-refractivity contribution in [2.75, 3.05) is 13.1 Å². The number of fused-ring (bicyclic) bond motifs is 1. The second-order valence-corrected chi connectivity index (χ2v) is 7.19. The fraction of sp³-hybridized carbons (Fsp3) is 0.875. The average Bonchev–Trinajstić information content (AvgIpc) is 3.04. The van der Waals surface area contributed by atoms with Gasteiger partial charge >= 0.3 is 5.97 Å². The van der Waals surface area contributed by atoms with Crippen LogP contribution >= 0.6 is 0 Å². The van der Waals surface area contributed by atoms with Crippen LogP contribution in [-0.2, 0) is 9.59 Å². The van der Waals surface area contributed by atoms with Gasteiger partial charge in [-0.25, -0.2) is 0 Å². The second kappa shape index (κ2) is 5.95. The number of nitrogens with one attached hydrogen (secondary N) is 1. The van der Waals surface area contributed by atoms with Gasteiger partial charge in [0.2, 0.25) is 5.91 Å². The molecule has 5 atom stereocenters. The Bertz CT molecular complexity index is 426. The van der Waals surface area contributed by atoms with Gasteiger partial charge in [-0.1, -0.05) is 6.92 Å². The lowest BCUT2D eigenvalue weighted by Gasteiger charge is -2.35. The van der Waals surface area contributed by atoms with Crippen LogP contribution in [0.25, 0.3) is 0 Å². The molecule has 0 aromatic rings. The molecule has 3 rings (SSSR count). The molecule has 1 amide bonds. The normalized spacial score (nSPS) is 40.0. The van der Waals surface area contributed by atoms with Crippen LogP contribution in [0.4, 0.5) is 0 Å². The molecule has 5 nitrogen and oxygen atoms in total. The topological polar surface area (TPSA) is 69.6 Å². The SMILES string of the molecule is CC1CC(C(=O)O)C(C(=O)NC2CCN3CCCC3C2)C1. The molecule has 0 bridgehead atoms. The van der Waals surface area contributed by atoms with Gasteiger partial charge in [-0.15, -0.1) is 0 Å². The minimum Gasteiger partial charge on any atom is -0.481 e. The maximum atomic E-state index is 12.5. The van der Waals surface area contributed by atoms with E-state index in [1.54, 1.807) is 0 Å². The molecule has 0 radical (unpaired) electrons. The van der Waals surface area contributed by atoms with Crippen molar-refractivity contribution in [3.05, 3.63) is 0 Å². The Morgan fingerprint density at radius 3 is 2.62 bits per heavy atom. The summed E-state index contributed by atoms with van der Waals surface area (Å²) in [5.74, 6) is -1.34. The van der Waals surface area contributed by atoms with Crippen molar-refractivity contribution in [2.45, 2.75) is 57.5 Å². The summed E-state index contributed by atoms with van der Waals surface area (Å²) in [5.41, 5.74) is 0. The first-order valence-electron chi connectivity index (χ1n) is 8.32. The highest BCUT2D eigenvalue weighted by atomic mass is 16.4. The molecule has 2 aliphatic heterocycles. The minimum absolute atomic E-state index is 0.0248. The number of hydrogen-bond donors (Lipinski definition) is 2. The highest BCUT2D eigenvalue weighted by Gasteiger charge is 2.42. The van der Waals surface area contributed by atoms with Crippen LogP contribution in [0.15, 0.2) is 0 Å². The van der Waals surface area contributed by atoms with Crippen LogP contribution in [0.1, 0.15) is 45.4 Å². The standard InChI is InChI=1S/C16H26N2O3/c1-10-7-13(14(8-10)16(20)21)15(19)17-11-4-6-18-5-2-3-12(18)9-11/h10-14H,2-9H2,1H3,(H,17,19)(H,20,21). The third kappa shape index (κ3) is 3.07. The van der Waals surface area contributed by atoms with E-state index in [2.05, 4.69) is 10.2 Å². The summed E-state index contributed by atoms with van der Waals surface area (Å²) in [5, 5.41) is 12.4. The molecular weight excluding hydrogens is 268 g/mol. The zero-order chi connectivity index (χ0) is 15.0. The number of carbonyl (C=O) groups excluding carboxylic acids is 1. The van der Waals surface area contributed by atoms with Crippen molar-refractivity contribution in [1.29, 1.82) is 0 Å². The number of piperidine rings is 1. The molecular formula is C16H26N2O3.